The van der Waals surface area contributed by atoms with Crippen molar-refractivity contribution in [2.24, 2.45) is 0 Å². The molecule has 1 aliphatic rings. The molecule has 7 nitrogen and oxygen atoms in total. The molecule has 0 unspecified atom stereocenters. The normalized spacial score (nSPS) is 17.6. The summed E-state index contributed by atoms with van der Waals surface area (Å²) in [5, 5.41) is 13.0. The molecule has 2 aromatic rings. The molecule has 150 valence electrons. The van der Waals surface area contributed by atoms with Crippen LogP contribution < -0.4 is 0 Å². The summed E-state index contributed by atoms with van der Waals surface area (Å²) in [6.07, 6.45) is -4.00. The average molecular weight is 397 g/mol. The predicted molar refractivity (Wildman–Crippen MR) is 91.2 cm³/mol. The molecule has 3 rings (SSSR count). The van der Waals surface area contributed by atoms with Gasteiger partial charge in [-0.15, -0.1) is 0 Å². The fourth-order valence-electron chi connectivity index (χ4n) is 3.09. The number of carboxylic acid groups (broad SMARTS) is 1. The Morgan fingerprint density at radius 3 is 2.79 bits per heavy atom. The maximum Gasteiger partial charge on any atom is 0.416 e. The molecule has 0 bridgehead atoms. The average Bonchev–Trinajstić information content (AvgIpc) is 3.01. The summed E-state index contributed by atoms with van der Waals surface area (Å²) in [5.74, 6) is -1.39. The van der Waals surface area contributed by atoms with Crippen molar-refractivity contribution in [1.29, 1.82) is 0 Å². The third-order valence-electron chi connectivity index (χ3n) is 4.49. The van der Waals surface area contributed by atoms with E-state index in [2.05, 4.69) is 5.10 Å². The Balaban J connectivity index is 1.83. The van der Waals surface area contributed by atoms with E-state index in [0.717, 1.165) is 12.1 Å². The highest BCUT2D eigenvalue weighted by Crippen LogP contribution is 2.30. The smallest absolute Gasteiger partial charge is 0.416 e. The number of morpholine rings is 1. The Morgan fingerprint density at radius 2 is 2.11 bits per heavy atom. The summed E-state index contributed by atoms with van der Waals surface area (Å²) in [5.41, 5.74) is 0.0218. The van der Waals surface area contributed by atoms with Crippen molar-refractivity contribution in [2.75, 3.05) is 19.7 Å². The second kappa shape index (κ2) is 7.63. The number of alkyl halides is 3. The third kappa shape index (κ3) is 4.16. The minimum Gasteiger partial charge on any atom is -0.481 e. The van der Waals surface area contributed by atoms with Gasteiger partial charge < -0.3 is 14.7 Å². The summed E-state index contributed by atoms with van der Waals surface area (Å²) in [6, 6.07) is 4.68. The summed E-state index contributed by atoms with van der Waals surface area (Å²) < 4.78 is 45.5. The van der Waals surface area contributed by atoms with Gasteiger partial charge in [0.1, 0.15) is 0 Å². The van der Waals surface area contributed by atoms with Crippen LogP contribution in [0.5, 0.6) is 0 Å². The lowest BCUT2D eigenvalue weighted by atomic mass is 10.1. The number of rotatable bonds is 4. The molecule has 28 heavy (non-hydrogen) atoms. The second-order valence-electron chi connectivity index (χ2n) is 6.45. The van der Waals surface area contributed by atoms with Gasteiger partial charge in [-0.25, -0.2) is 4.68 Å². The van der Waals surface area contributed by atoms with Crippen molar-refractivity contribution in [3.63, 3.8) is 0 Å². The van der Waals surface area contributed by atoms with Gasteiger partial charge in [-0.05, 0) is 25.1 Å². The van der Waals surface area contributed by atoms with Crippen molar-refractivity contribution in [1.82, 2.24) is 14.7 Å². The van der Waals surface area contributed by atoms with Gasteiger partial charge in [-0.3, -0.25) is 9.59 Å². The van der Waals surface area contributed by atoms with Gasteiger partial charge in [0.05, 0.1) is 47.8 Å². The molecule has 1 amide bonds. The zero-order valence-electron chi connectivity index (χ0n) is 14.9. The van der Waals surface area contributed by atoms with Crippen LogP contribution in [0, 0.1) is 6.92 Å². The lowest BCUT2D eigenvalue weighted by Crippen LogP contribution is -2.46. The number of hydrogen-bond acceptors (Lipinski definition) is 4. The van der Waals surface area contributed by atoms with E-state index in [4.69, 9.17) is 9.84 Å². The van der Waals surface area contributed by atoms with Crippen LogP contribution >= 0.6 is 0 Å². The maximum atomic E-state index is 12.9. The number of aromatic nitrogens is 2. The van der Waals surface area contributed by atoms with Crippen molar-refractivity contribution < 1.29 is 32.6 Å². The van der Waals surface area contributed by atoms with Crippen molar-refractivity contribution in [3.8, 4) is 5.69 Å². The summed E-state index contributed by atoms with van der Waals surface area (Å²) in [4.78, 5) is 25.1. The molecule has 1 saturated heterocycles. The molecule has 1 aliphatic heterocycles. The van der Waals surface area contributed by atoms with E-state index in [1.54, 1.807) is 6.92 Å². The van der Waals surface area contributed by atoms with E-state index in [1.165, 1.54) is 27.9 Å². The first-order valence-electron chi connectivity index (χ1n) is 8.51. The van der Waals surface area contributed by atoms with Crippen LogP contribution in [0.25, 0.3) is 5.69 Å². The molecule has 0 aliphatic carbocycles. The van der Waals surface area contributed by atoms with Crippen LogP contribution in [0.4, 0.5) is 13.2 Å². The van der Waals surface area contributed by atoms with Gasteiger partial charge in [0.15, 0.2) is 0 Å². The van der Waals surface area contributed by atoms with Gasteiger partial charge in [0.2, 0.25) is 0 Å². The molecule has 10 heteroatoms. The Labute approximate surface area is 158 Å². The lowest BCUT2D eigenvalue weighted by Gasteiger charge is -2.32. The molecule has 1 atom stereocenters. The van der Waals surface area contributed by atoms with E-state index in [9.17, 15) is 22.8 Å². The lowest BCUT2D eigenvalue weighted by molar-refractivity contribution is -0.141. The van der Waals surface area contributed by atoms with Crippen LogP contribution in [-0.2, 0) is 15.7 Å². The highest BCUT2D eigenvalue weighted by Gasteiger charge is 2.31. The van der Waals surface area contributed by atoms with Crippen molar-refractivity contribution >= 4 is 11.9 Å². The SMILES string of the molecule is Cc1c(C(=O)N2CCO[C@H](CC(=O)O)C2)cnn1-c1cccc(C(F)(F)F)c1. The van der Waals surface area contributed by atoms with Crippen molar-refractivity contribution in [3.05, 3.63) is 47.3 Å². The molecular weight excluding hydrogens is 379 g/mol. The Bertz CT molecular complexity index is 894. The van der Waals surface area contributed by atoms with Gasteiger partial charge >= 0.3 is 12.1 Å². The first-order valence-corrected chi connectivity index (χ1v) is 8.51. The number of nitrogens with zero attached hydrogens (tertiary/aromatic N) is 3. The van der Waals surface area contributed by atoms with Crippen LogP contribution in [0.2, 0.25) is 0 Å². The minimum atomic E-state index is -4.48. The molecule has 2 heterocycles. The molecule has 1 N–H and O–H groups in total. The predicted octanol–water partition coefficient (Wildman–Crippen LogP) is 2.52. The number of ether oxygens (including phenoxy) is 1. The molecule has 1 fully saturated rings. The third-order valence-corrected chi connectivity index (χ3v) is 4.49. The molecule has 0 radical (unpaired) electrons. The quantitative estimate of drug-likeness (QED) is 0.857. The highest BCUT2D eigenvalue weighted by atomic mass is 19.4. The molecule has 0 spiro atoms. The van der Waals surface area contributed by atoms with Gasteiger partial charge in [-0.2, -0.15) is 18.3 Å². The zero-order chi connectivity index (χ0) is 20.5. The van der Waals surface area contributed by atoms with E-state index in [-0.39, 0.29) is 36.7 Å². The number of carboxylic acids is 1. The van der Waals surface area contributed by atoms with Crippen molar-refractivity contribution in [2.45, 2.75) is 25.6 Å². The van der Waals surface area contributed by atoms with Crippen LogP contribution in [0.1, 0.15) is 28.0 Å². The zero-order valence-corrected chi connectivity index (χ0v) is 14.9. The molecular formula is C18H18F3N3O4. The standard InChI is InChI=1S/C18H18F3N3O4/c1-11-15(17(27)23-5-6-28-14(10-23)8-16(25)26)9-22-24(11)13-4-2-3-12(7-13)18(19,20)21/h2-4,7,9,14H,5-6,8,10H2,1H3,(H,25,26)/t14-/m1/s1. The van der Waals surface area contributed by atoms with E-state index in [1.807, 2.05) is 0 Å². The highest BCUT2D eigenvalue weighted by molar-refractivity contribution is 5.95. The number of carbonyl (C=O) groups is 2. The molecule has 1 aromatic heterocycles. The fourth-order valence-corrected chi connectivity index (χ4v) is 3.09. The monoisotopic (exact) mass is 397 g/mol. The van der Waals surface area contributed by atoms with Crippen LogP contribution in [0.3, 0.4) is 0 Å². The fraction of sp³-hybridized carbons (Fsp3) is 0.389. The number of aliphatic carboxylic acids is 1. The van der Waals surface area contributed by atoms with Gasteiger partial charge in [0, 0.05) is 13.1 Å². The summed E-state index contributed by atoms with van der Waals surface area (Å²) >= 11 is 0. The molecule has 1 aromatic carbocycles. The molecule has 0 saturated carbocycles. The summed E-state index contributed by atoms with van der Waals surface area (Å²) in [7, 11) is 0. The van der Waals surface area contributed by atoms with E-state index in [0.29, 0.717) is 12.2 Å². The number of benzene rings is 1. The second-order valence-corrected chi connectivity index (χ2v) is 6.45. The van der Waals surface area contributed by atoms with Gasteiger partial charge in [-0.1, -0.05) is 6.07 Å². The van der Waals surface area contributed by atoms with E-state index >= 15 is 0 Å². The minimum absolute atomic E-state index is 0.124. The first kappa shape index (κ1) is 19.9. The number of carbonyl (C=O) groups excluding carboxylic acids is 1. The first-order chi connectivity index (χ1) is 13.2. The topological polar surface area (TPSA) is 84.7 Å². The Morgan fingerprint density at radius 1 is 1.36 bits per heavy atom. The number of hydrogen-bond donors (Lipinski definition) is 1. The Hall–Kier alpha value is -2.88. The largest absolute Gasteiger partial charge is 0.481 e. The van der Waals surface area contributed by atoms with Crippen LogP contribution in [-0.4, -0.2) is 57.5 Å². The maximum absolute atomic E-state index is 12.9. The number of halogens is 3. The van der Waals surface area contributed by atoms with Gasteiger partial charge in [0.25, 0.3) is 5.91 Å². The Kier molecular flexibility index (Phi) is 5.41. The van der Waals surface area contributed by atoms with Crippen LogP contribution in [0.15, 0.2) is 30.5 Å². The number of amides is 1. The summed E-state index contributed by atoms with van der Waals surface area (Å²) in [6.45, 7) is 2.22. The van der Waals surface area contributed by atoms with E-state index < -0.39 is 23.8 Å².